The van der Waals surface area contributed by atoms with Gasteiger partial charge in [-0.25, -0.2) is 13.1 Å². The average Bonchev–Trinajstić information content (AvgIpc) is 3.13. The summed E-state index contributed by atoms with van der Waals surface area (Å²) in [6.07, 6.45) is 3.33. The van der Waals surface area contributed by atoms with E-state index in [0.29, 0.717) is 12.2 Å². The summed E-state index contributed by atoms with van der Waals surface area (Å²) in [4.78, 5) is 13.8. The van der Waals surface area contributed by atoms with Crippen molar-refractivity contribution in [1.29, 1.82) is 0 Å². The number of likely N-dealkylation sites (N-methyl/N-ethyl adjacent to an activating group) is 1. The molecule has 134 valence electrons. The molecule has 0 aliphatic carbocycles. The zero-order chi connectivity index (χ0) is 18.2. The van der Waals surface area contributed by atoms with Crippen LogP contribution in [0, 0.1) is 0 Å². The van der Waals surface area contributed by atoms with Crippen LogP contribution in [-0.4, -0.2) is 66.6 Å². The van der Waals surface area contributed by atoms with E-state index in [1.807, 2.05) is 0 Å². The van der Waals surface area contributed by atoms with Gasteiger partial charge < -0.3 is 9.64 Å². The van der Waals surface area contributed by atoms with Crippen molar-refractivity contribution in [3.05, 3.63) is 36.7 Å². The molecule has 0 radical (unpaired) electrons. The van der Waals surface area contributed by atoms with E-state index in [9.17, 15) is 13.2 Å². The van der Waals surface area contributed by atoms with Crippen molar-refractivity contribution >= 4 is 15.9 Å². The monoisotopic (exact) mass is 364 g/mol. The van der Waals surface area contributed by atoms with Gasteiger partial charge in [-0.3, -0.25) is 4.79 Å². The molecule has 0 bridgehead atoms. The van der Waals surface area contributed by atoms with Gasteiger partial charge in [-0.1, -0.05) is 0 Å². The predicted octanol–water partition coefficient (Wildman–Crippen LogP) is 0.732. The Balaban J connectivity index is 2.07. The molecule has 1 saturated heterocycles. The van der Waals surface area contributed by atoms with Gasteiger partial charge in [0.05, 0.1) is 12.8 Å². The summed E-state index contributed by atoms with van der Waals surface area (Å²) in [5.74, 6) is 0.00602. The smallest absolute Gasteiger partial charge is 0.247 e. The maximum absolute atomic E-state index is 13.2. The first-order chi connectivity index (χ1) is 11.9. The molecule has 2 heterocycles. The third-order valence-corrected chi connectivity index (χ3v) is 6.32. The quantitative estimate of drug-likeness (QED) is 0.799. The molecule has 1 aliphatic rings. The number of methoxy groups -OCH3 is 1. The summed E-state index contributed by atoms with van der Waals surface area (Å²) < 4.78 is 34.4. The Morgan fingerprint density at radius 2 is 2.04 bits per heavy atom. The number of carbonyl (C=O) groups excluding carboxylic acids is 1. The minimum atomic E-state index is -3.90. The van der Waals surface area contributed by atoms with Crippen molar-refractivity contribution in [1.82, 2.24) is 19.0 Å². The van der Waals surface area contributed by atoms with Crippen molar-refractivity contribution in [3.8, 4) is 11.4 Å². The van der Waals surface area contributed by atoms with Crippen LogP contribution in [0.1, 0.15) is 6.92 Å². The normalized spacial score (nSPS) is 19.2. The molecule has 1 amide bonds. The van der Waals surface area contributed by atoms with E-state index in [4.69, 9.17) is 4.74 Å². The van der Waals surface area contributed by atoms with Gasteiger partial charge in [-0.15, -0.1) is 0 Å². The summed E-state index contributed by atoms with van der Waals surface area (Å²) in [5.41, 5.74) is 0.595. The first kappa shape index (κ1) is 17.4. The van der Waals surface area contributed by atoms with Crippen LogP contribution in [0.3, 0.4) is 0 Å². The Hall–Kier alpha value is -2.39. The fourth-order valence-corrected chi connectivity index (χ4v) is 4.64. The molecule has 0 N–H and O–H groups in total. The van der Waals surface area contributed by atoms with E-state index in [-0.39, 0.29) is 23.1 Å². The molecule has 0 saturated carbocycles. The Kier molecular flexibility index (Phi) is 4.53. The van der Waals surface area contributed by atoms with Gasteiger partial charge >= 0.3 is 0 Å². The molecule has 1 fully saturated rings. The van der Waals surface area contributed by atoms with Crippen LogP contribution in [0.4, 0.5) is 0 Å². The topological polar surface area (TPSA) is 84.7 Å². The molecule has 0 unspecified atom stereocenters. The highest BCUT2D eigenvalue weighted by molar-refractivity contribution is 7.89. The van der Waals surface area contributed by atoms with Crippen molar-refractivity contribution in [2.75, 3.05) is 27.2 Å². The highest BCUT2D eigenvalue weighted by atomic mass is 32.2. The maximum Gasteiger partial charge on any atom is 0.247 e. The largest absolute Gasteiger partial charge is 0.495 e. The number of sulfonamides is 1. The molecular weight excluding hydrogens is 344 g/mol. The van der Waals surface area contributed by atoms with Crippen LogP contribution in [0.5, 0.6) is 5.75 Å². The number of carbonyl (C=O) groups is 1. The fraction of sp³-hybridized carbons (Fsp3) is 0.375. The number of amides is 1. The van der Waals surface area contributed by atoms with Crippen LogP contribution in [0.25, 0.3) is 5.69 Å². The van der Waals surface area contributed by atoms with E-state index in [0.717, 1.165) is 0 Å². The van der Waals surface area contributed by atoms with Gasteiger partial charge in [0.2, 0.25) is 15.9 Å². The second-order valence-corrected chi connectivity index (χ2v) is 7.70. The summed E-state index contributed by atoms with van der Waals surface area (Å²) in [7, 11) is -0.819. The molecule has 2 aromatic rings. The highest BCUT2D eigenvalue weighted by Crippen LogP contribution is 2.31. The molecule has 8 nitrogen and oxygen atoms in total. The lowest BCUT2D eigenvalue weighted by molar-refractivity contribution is -0.136. The SMILES string of the molecule is COc1ccc(-n2cccn2)cc1S(=O)(=O)N1CCN(C)C(=O)[C@@H]1C. The number of aromatic nitrogens is 2. The number of hydrogen-bond donors (Lipinski definition) is 0. The predicted molar refractivity (Wildman–Crippen MR) is 91.1 cm³/mol. The van der Waals surface area contributed by atoms with Gasteiger partial charge in [0.1, 0.15) is 16.7 Å². The minimum absolute atomic E-state index is 0.0206. The van der Waals surface area contributed by atoms with Gasteiger partial charge in [0.25, 0.3) is 0 Å². The average molecular weight is 364 g/mol. The zero-order valence-electron chi connectivity index (χ0n) is 14.3. The molecular formula is C16H20N4O4S. The van der Waals surface area contributed by atoms with Gasteiger partial charge in [-0.2, -0.15) is 9.40 Å². The van der Waals surface area contributed by atoms with Crippen molar-refractivity contribution in [2.24, 2.45) is 0 Å². The van der Waals surface area contributed by atoms with E-state index in [1.165, 1.54) is 22.4 Å². The molecule has 9 heteroatoms. The Morgan fingerprint density at radius 1 is 1.28 bits per heavy atom. The second kappa shape index (κ2) is 6.49. The first-order valence-corrected chi connectivity index (χ1v) is 9.25. The lowest BCUT2D eigenvalue weighted by Gasteiger charge is -2.36. The van der Waals surface area contributed by atoms with E-state index in [1.54, 1.807) is 49.2 Å². The van der Waals surface area contributed by atoms with Crippen molar-refractivity contribution in [2.45, 2.75) is 17.9 Å². The molecule has 3 rings (SSSR count). The van der Waals surface area contributed by atoms with Gasteiger partial charge in [0, 0.05) is 32.5 Å². The highest BCUT2D eigenvalue weighted by Gasteiger charge is 2.39. The van der Waals surface area contributed by atoms with E-state index in [2.05, 4.69) is 5.10 Å². The second-order valence-electron chi connectivity index (χ2n) is 5.84. The standard InChI is InChI=1S/C16H20N4O4S/c1-12-16(21)18(2)9-10-20(12)25(22,23)15-11-13(5-6-14(15)24-3)19-8-4-7-17-19/h4-8,11-12H,9-10H2,1-3H3/t12-/m0/s1. The third kappa shape index (κ3) is 3.00. The van der Waals surface area contributed by atoms with Crippen LogP contribution in [-0.2, 0) is 14.8 Å². The summed E-state index contributed by atoms with van der Waals surface area (Å²) in [5, 5.41) is 4.12. The summed E-state index contributed by atoms with van der Waals surface area (Å²) in [6.45, 7) is 2.18. The van der Waals surface area contributed by atoms with Gasteiger partial charge in [0.15, 0.2) is 0 Å². The van der Waals surface area contributed by atoms with E-state index < -0.39 is 16.1 Å². The first-order valence-electron chi connectivity index (χ1n) is 7.81. The van der Waals surface area contributed by atoms with Crippen molar-refractivity contribution in [3.63, 3.8) is 0 Å². The lowest BCUT2D eigenvalue weighted by atomic mass is 10.2. The Morgan fingerprint density at radius 3 is 2.68 bits per heavy atom. The number of rotatable bonds is 4. The molecule has 25 heavy (non-hydrogen) atoms. The molecule has 0 spiro atoms. The van der Waals surface area contributed by atoms with Crippen LogP contribution < -0.4 is 4.74 Å². The number of benzene rings is 1. The molecule has 1 aliphatic heterocycles. The van der Waals surface area contributed by atoms with Crippen LogP contribution >= 0.6 is 0 Å². The Bertz CT molecular complexity index is 880. The Labute approximate surface area is 146 Å². The van der Waals surface area contributed by atoms with Gasteiger partial charge in [-0.05, 0) is 31.2 Å². The summed E-state index contributed by atoms with van der Waals surface area (Å²) >= 11 is 0. The number of ether oxygens (including phenoxy) is 1. The minimum Gasteiger partial charge on any atom is -0.495 e. The zero-order valence-corrected chi connectivity index (χ0v) is 15.1. The van der Waals surface area contributed by atoms with Crippen LogP contribution in [0.15, 0.2) is 41.6 Å². The van der Waals surface area contributed by atoms with E-state index >= 15 is 0 Å². The molecule has 1 aromatic carbocycles. The number of piperazine rings is 1. The van der Waals surface area contributed by atoms with Crippen LogP contribution in [0.2, 0.25) is 0 Å². The lowest BCUT2D eigenvalue weighted by Crippen LogP contribution is -2.56. The number of nitrogens with zero attached hydrogens (tertiary/aromatic N) is 4. The third-order valence-electron chi connectivity index (χ3n) is 4.32. The van der Waals surface area contributed by atoms with Crippen molar-refractivity contribution < 1.29 is 17.9 Å². The number of hydrogen-bond acceptors (Lipinski definition) is 5. The molecule has 1 aromatic heterocycles. The fourth-order valence-electron chi connectivity index (χ4n) is 2.88. The summed E-state index contributed by atoms with van der Waals surface area (Å²) in [6, 6.07) is 5.81. The molecule has 1 atom stereocenters. The maximum atomic E-state index is 13.2.